The minimum absolute atomic E-state index is 0.127. The third kappa shape index (κ3) is 4.88. The van der Waals surface area contributed by atoms with Gasteiger partial charge in [0.2, 0.25) is 5.88 Å². The molecule has 4 nitrogen and oxygen atoms in total. The lowest BCUT2D eigenvalue weighted by molar-refractivity contribution is 0.0952. The number of aromatic nitrogens is 1. The summed E-state index contributed by atoms with van der Waals surface area (Å²) in [5.74, 6) is -1.34. The number of halogens is 2. The number of hydrogen-bond acceptors (Lipinski definition) is 3. The van der Waals surface area contributed by atoms with E-state index in [1.165, 1.54) is 42.6 Å². The molecular formula is C21H18F2N2O2. The number of nitrogens with zero attached hydrogens (tertiary/aromatic N) is 1. The van der Waals surface area contributed by atoms with Crippen LogP contribution in [0.4, 0.5) is 8.78 Å². The maximum atomic E-state index is 13.3. The summed E-state index contributed by atoms with van der Waals surface area (Å²) < 4.78 is 26.5. The first kappa shape index (κ1) is 18.5. The second-order valence-corrected chi connectivity index (χ2v) is 6.10. The molecule has 3 rings (SSSR count). The molecule has 0 saturated carbocycles. The maximum absolute atomic E-state index is 13.3. The van der Waals surface area contributed by atoms with Gasteiger partial charge in [0.05, 0.1) is 0 Å². The Morgan fingerprint density at radius 3 is 2.04 bits per heavy atom. The van der Waals surface area contributed by atoms with Crippen LogP contribution in [-0.4, -0.2) is 22.5 Å². The second kappa shape index (κ2) is 8.40. The topological polar surface area (TPSA) is 62.2 Å². The third-order valence-corrected chi connectivity index (χ3v) is 4.27. The van der Waals surface area contributed by atoms with Crippen molar-refractivity contribution in [3.05, 3.63) is 95.2 Å². The average molecular weight is 368 g/mol. The molecular weight excluding hydrogens is 350 g/mol. The van der Waals surface area contributed by atoms with E-state index in [-0.39, 0.29) is 29.3 Å². The van der Waals surface area contributed by atoms with Crippen molar-refractivity contribution in [1.29, 1.82) is 0 Å². The van der Waals surface area contributed by atoms with E-state index in [9.17, 15) is 18.7 Å². The predicted octanol–water partition coefficient (Wildman–Crippen LogP) is 4.02. The molecule has 27 heavy (non-hydrogen) atoms. The number of hydrogen-bond donors (Lipinski definition) is 2. The van der Waals surface area contributed by atoms with Gasteiger partial charge in [0, 0.05) is 30.3 Å². The van der Waals surface area contributed by atoms with Gasteiger partial charge >= 0.3 is 0 Å². The Kier molecular flexibility index (Phi) is 5.76. The van der Waals surface area contributed by atoms with Crippen molar-refractivity contribution in [2.75, 3.05) is 6.54 Å². The SMILES string of the molecule is O=C(NCCC(c1ccc(F)cc1)c1ccc(F)cc1)c1ccnc(O)c1. The van der Waals surface area contributed by atoms with E-state index in [1.807, 2.05) is 0 Å². The summed E-state index contributed by atoms with van der Waals surface area (Å²) in [5.41, 5.74) is 2.06. The molecule has 0 fully saturated rings. The van der Waals surface area contributed by atoms with Gasteiger partial charge in [-0.3, -0.25) is 4.79 Å². The highest BCUT2D eigenvalue weighted by Crippen LogP contribution is 2.28. The highest BCUT2D eigenvalue weighted by atomic mass is 19.1. The zero-order valence-electron chi connectivity index (χ0n) is 14.4. The Labute approximate surface area is 155 Å². The van der Waals surface area contributed by atoms with E-state index in [4.69, 9.17) is 0 Å². The normalized spacial score (nSPS) is 10.8. The molecule has 0 aliphatic heterocycles. The summed E-state index contributed by atoms with van der Waals surface area (Å²) in [6, 6.07) is 15.1. The van der Waals surface area contributed by atoms with Crippen LogP contribution in [0.2, 0.25) is 0 Å². The summed E-state index contributed by atoms with van der Waals surface area (Å²) in [6.45, 7) is 0.349. The molecule has 0 radical (unpaired) electrons. The van der Waals surface area contributed by atoms with Crippen LogP contribution in [0.25, 0.3) is 0 Å². The Balaban J connectivity index is 1.72. The largest absolute Gasteiger partial charge is 0.493 e. The molecule has 0 atom stereocenters. The first-order valence-electron chi connectivity index (χ1n) is 8.47. The van der Waals surface area contributed by atoms with Gasteiger partial charge in [-0.15, -0.1) is 0 Å². The maximum Gasteiger partial charge on any atom is 0.251 e. The number of carbonyl (C=O) groups excluding carboxylic acids is 1. The van der Waals surface area contributed by atoms with E-state index < -0.39 is 0 Å². The zero-order valence-corrected chi connectivity index (χ0v) is 14.4. The number of aromatic hydroxyl groups is 1. The summed E-state index contributed by atoms with van der Waals surface area (Å²) in [5, 5.41) is 12.2. The van der Waals surface area contributed by atoms with Gasteiger partial charge < -0.3 is 10.4 Å². The summed E-state index contributed by atoms with van der Waals surface area (Å²) in [6.07, 6.45) is 1.89. The van der Waals surface area contributed by atoms with Gasteiger partial charge in [-0.25, -0.2) is 13.8 Å². The standard InChI is InChI=1S/C21H18F2N2O2/c22-17-5-1-14(2-6-17)19(15-3-7-18(23)8-4-15)10-12-25-21(27)16-9-11-24-20(26)13-16/h1-9,11,13,19H,10,12H2,(H,24,26)(H,25,27). The number of rotatable bonds is 6. The Morgan fingerprint density at radius 2 is 1.52 bits per heavy atom. The van der Waals surface area contributed by atoms with Crippen molar-refractivity contribution in [2.24, 2.45) is 0 Å². The van der Waals surface area contributed by atoms with Crippen LogP contribution in [0.15, 0.2) is 66.9 Å². The Hall–Kier alpha value is -3.28. The van der Waals surface area contributed by atoms with Crippen molar-refractivity contribution in [1.82, 2.24) is 10.3 Å². The van der Waals surface area contributed by atoms with E-state index in [1.54, 1.807) is 24.3 Å². The van der Waals surface area contributed by atoms with Crippen molar-refractivity contribution < 1.29 is 18.7 Å². The van der Waals surface area contributed by atoms with Gasteiger partial charge in [-0.1, -0.05) is 24.3 Å². The fourth-order valence-corrected chi connectivity index (χ4v) is 2.91. The van der Waals surface area contributed by atoms with Crippen LogP contribution >= 0.6 is 0 Å². The smallest absolute Gasteiger partial charge is 0.251 e. The lowest BCUT2D eigenvalue weighted by Crippen LogP contribution is -2.25. The minimum Gasteiger partial charge on any atom is -0.493 e. The lowest BCUT2D eigenvalue weighted by atomic mass is 9.88. The van der Waals surface area contributed by atoms with E-state index in [0.29, 0.717) is 18.5 Å². The highest BCUT2D eigenvalue weighted by molar-refractivity contribution is 5.94. The average Bonchev–Trinajstić information content (AvgIpc) is 2.67. The molecule has 1 amide bonds. The van der Waals surface area contributed by atoms with Crippen LogP contribution in [0, 0.1) is 11.6 Å². The van der Waals surface area contributed by atoms with E-state index >= 15 is 0 Å². The molecule has 0 aliphatic rings. The van der Waals surface area contributed by atoms with Crippen LogP contribution in [-0.2, 0) is 0 Å². The molecule has 0 aliphatic carbocycles. The van der Waals surface area contributed by atoms with E-state index in [2.05, 4.69) is 10.3 Å². The number of nitrogens with one attached hydrogen (secondary N) is 1. The summed E-state index contributed by atoms with van der Waals surface area (Å²) >= 11 is 0. The molecule has 2 aromatic carbocycles. The van der Waals surface area contributed by atoms with Crippen molar-refractivity contribution in [3.8, 4) is 5.88 Å². The zero-order chi connectivity index (χ0) is 19.2. The van der Waals surface area contributed by atoms with Crippen molar-refractivity contribution in [2.45, 2.75) is 12.3 Å². The van der Waals surface area contributed by atoms with Crippen LogP contribution in [0.3, 0.4) is 0 Å². The summed E-state index contributed by atoms with van der Waals surface area (Å²) in [7, 11) is 0. The molecule has 1 heterocycles. The fourth-order valence-electron chi connectivity index (χ4n) is 2.91. The molecule has 0 saturated heterocycles. The molecule has 0 bridgehead atoms. The van der Waals surface area contributed by atoms with Gasteiger partial charge in [0.25, 0.3) is 5.91 Å². The number of amides is 1. The third-order valence-electron chi connectivity index (χ3n) is 4.27. The Bertz CT molecular complexity index is 867. The monoisotopic (exact) mass is 368 g/mol. The molecule has 6 heteroatoms. The molecule has 3 aromatic rings. The predicted molar refractivity (Wildman–Crippen MR) is 97.5 cm³/mol. The van der Waals surface area contributed by atoms with Crippen molar-refractivity contribution in [3.63, 3.8) is 0 Å². The number of benzene rings is 2. The number of carbonyl (C=O) groups is 1. The Morgan fingerprint density at radius 1 is 0.963 bits per heavy atom. The minimum atomic E-state index is -0.331. The van der Waals surface area contributed by atoms with Crippen LogP contribution in [0.1, 0.15) is 33.8 Å². The molecule has 1 aromatic heterocycles. The quantitative estimate of drug-likeness (QED) is 0.691. The van der Waals surface area contributed by atoms with Crippen molar-refractivity contribution >= 4 is 5.91 Å². The first-order chi connectivity index (χ1) is 13.0. The number of pyridine rings is 1. The molecule has 0 spiro atoms. The van der Waals surface area contributed by atoms with Gasteiger partial charge in [-0.2, -0.15) is 0 Å². The second-order valence-electron chi connectivity index (χ2n) is 6.10. The highest BCUT2D eigenvalue weighted by Gasteiger charge is 2.15. The summed E-state index contributed by atoms with van der Waals surface area (Å²) in [4.78, 5) is 15.8. The van der Waals surface area contributed by atoms with E-state index in [0.717, 1.165) is 11.1 Å². The molecule has 138 valence electrons. The fraction of sp³-hybridized carbons (Fsp3) is 0.143. The van der Waals surface area contributed by atoms with Gasteiger partial charge in [-0.05, 0) is 47.9 Å². The molecule has 2 N–H and O–H groups in total. The van der Waals surface area contributed by atoms with Gasteiger partial charge in [0.1, 0.15) is 11.6 Å². The van der Waals surface area contributed by atoms with Gasteiger partial charge in [0.15, 0.2) is 0 Å². The first-order valence-corrected chi connectivity index (χ1v) is 8.47. The lowest BCUT2D eigenvalue weighted by Gasteiger charge is -2.18. The van der Waals surface area contributed by atoms with Crippen LogP contribution < -0.4 is 5.32 Å². The molecule has 0 unspecified atom stereocenters. The van der Waals surface area contributed by atoms with Crippen LogP contribution in [0.5, 0.6) is 5.88 Å².